The highest BCUT2D eigenvalue weighted by atomic mass is 16.3. The van der Waals surface area contributed by atoms with Gasteiger partial charge in [-0.2, -0.15) is 5.10 Å². The fourth-order valence-corrected chi connectivity index (χ4v) is 2.28. The standard InChI is InChI=1S/C13H15N3O2/c1-13(2)7-16(8-13)12(17)10-6-9(14-15-10)11-4-3-5-18-11/h3-6H,7-8H2,1-2H3,(H,14,15). The SMILES string of the molecule is CC1(C)CN(C(=O)c2cc(-c3ccco3)[nH]n2)C1. The van der Waals surface area contributed by atoms with Gasteiger partial charge in [-0.1, -0.05) is 13.8 Å². The molecule has 0 unspecified atom stereocenters. The number of amides is 1. The van der Waals surface area contributed by atoms with Gasteiger partial charge in [0.1, 0.15) is 5.69 Å². The van der Waals surface area contributed by atoms with Gasteiger partial charge in [-0.3, -0.25) is 9.89 Å². The Balaban J connectivity index is 1.76. The van der Waals surface area contributed by atoms with Crippen LogP contribution in [0.1, 0.15) is 24.3 Å². The maximum atomic E-state index is 12.1. The van der Waals surface area contributed by atoms with Crippen LogP contribution in [0, 0.1) is 5.41 Å². The quantitative estimate of drug-likeness (QED) is 0.881. The number of rotatable bonds is 2. The lowest BCUT2D eigenvalue weighted by Crippen LogP contribution is -2.55. The van der Waals surface area contributed by atoms with E-state index in [-0.39, 0.29) is 11.3 Å². The molecule has 2 aromatic heterocycles. The Kier molecular flexibility index (Phi) is 2.29. The normalized spacial score (nSPS) is 17.6. The van der Waals surface area contributed by atoms with Crippen LogP contribution in [0.15, 0.2) is 28.9 Å². The molecule has 1 amide bonds. The van der Waals surface area contributed by atoms with Crippen molar-refractivity contribution in [3.8, 4) is 11.5 Å². The summed E-state index contributed by atoms with van der Waals surface area (Å²) in [6, 6.07) is 5.36. The van der Waals surface area contributed by atoms with Crippen LogP contribution in [0.2, 0.25) is 0 Å². The Morgan fingerprint density at radius 1 is 1.50 bits per heavy atom. The highest BCUT2D eigenvalue weighted by Crippen LogP contribution is 2.30. The molecule has 1 saturated heterocycles. The van der Waals surface area contributed by atoms with Gasteiger partial charge in [-0.25, -0.2) is 0 Å². The summed E-state index contributed by atoms with van der Waals surface area (Å²) in [6.45, 7) is 5.87. The van der Waals surface area contributed by atoms with Crippen LogP contribution in [0.25, 0.3) is 11.5 Å². The van der Waals surface area contributed by atoms with E-state index in [4.69, 9.17) is 4.42 Å². The van der Waals surface area contributed by atoms with E-state index >= 15 is 0 Å². The molecular weight excluding hydrogens is 230 g/mol. The number of carbonyl (C=O) groups excluding carboxylic acids is 1. The third kappa shape index (κ3) is 1.81. The van der Waals surface area contributed by atoms with E-state index in [1.54, 1.807) is 18.4 Å². The number of likely N-dealkylation sites (tertiary alicyclic amines) is 1. The average molecular weight is 245 g/mol. The van der Waals surface area contributed by atoms with E-state index in [1.807, 2.05) is 11.0 Å². The van der Waals surface area contributed by atoms with E-state index in [9.17, 15) is 4.79 Å². The van der Waals surface area contributed by atoms with E-state index in [1.165, 1.54) is 0 Å². The van der Waals surface area contributed by atoms with Gasteiger partial charge in [0.25, 0.3) is 5.91 Å². The molecule has 1 aliphatic heterocycles. The summed E-state index contributed by atoms with van der Waals surface area (Å²) in [6.07, 6.45) is 1.59. The molecule has 5 heteroatoms. The number of aromatic amines is 1. The molecule has 0 aromatic carbocycles. The number of furan rings is 1. The minimum Gasteiger partial charge on any atom is -0.463 e. The minimum atomic E-state index is -0.0246. The summed E-state index contributed by atoms with van der Waals surface area (Å²) < 4.78 is 5.25. The first-order valence-corrected chi connectivity index (χ1v) is 5.94. The van der Waals surface area contributed by atoms with Crippen LogP contribution in [0.5, 0.6) is 0 Å². The predicted octanol–water partition coefficient (Wildman–Crippen LogP) is 2.15. The topological polar surface area (TPSA) is 62.1 Å². The van der Waals surface area contributed by atoms with Crippen LogP contribution in [0.3, 0.4) is 0 Å². The largest absolute Gasteiger partial charge is 0.463 e. The number of hydrogen-bond acceptors (Lipinski definition) is 3. The van der Waals surface area contributed by atoms with Crippen LogP contribution >= 0.6 is 0 Å². The van der Waals surface area contributed by atoms with Gasteiger partial charge in [0.2, 0.25) is 0 Å². The average Bonchev–Trinajstić information content (AvgIpc) is 2.94. The first kappa shape index (κ1) is 11.1. The number of nitrogens with zero attached hydrogens (tertiary/aromatic N) is 2. The second kappa shape index (κ2) is 3.73. The summed E-state index contributed by atoms with van der Waals surface area (Å²) in [7, 11) is 0. The fraction of sp³-hybridized carbons (Fsp3) is 0.385. The molecule has 2 aromatic rings. The minimum absolute atomic E-state index is 0.0246. The summed E-state index contributed by atoms with van der Waals surface area (Å²) in [5, 5.41) is 6.87. The molecule has 0 saturated carbocycles. The number of carbonyl (C=O) groups is 1. The van der Waals surface area contributed by atoms with Crippen LogP contribution < -0.4 is 0 Å². The van der Waals surface area contributed by atoms with Crippen molar-refractivity contribution in [2.75, 3.05) is 13.1 Å². The molecule has 0 bridgehead atoms. The lowest BCUT2D eigenvalue weighted by molar-refractivity contribution is 0.0231. The zero-order chi connectivity index (χ0) is 12.8. The maximum absolute atomic E-state index is 12.1. The zero-order valence-electron chi connectivity index (χ0n) is 10.4. The van der Waals surface area contributed by atoms with Crippen molar-refractivity contribution < 1.29 is 9.21 Å². The fourth-order valence-electron chi connectivity index (χ4n) is 2.28. The third-order valence-corrected chi connectivity index (χ3v) is 3.11. The van der Waals surface area contributed by atoms with Gasteiger partial charge in [0, 0.05) is 19.2 Å². The smallest absolute Gasteiger partial charge is 0.274 e. The molecule has 1 aliphatic rings. The van der Waals surface area contributed by atoms with Crippen molar-refractivity contribution in [3.63, 3.8) is 0 Å². The van der Waals surface area contributed by atoms with Crippen LogP contribution in [-0.4, -0.2) is 34.1 Å². The second-order valence-corrected chi connectivity index (χ2v) is 5.47. The highest BCUT2D eigenvalue weighted by Gasteiger charge is 2.38. The predicted molar refractivity (Wildman–Crippen MR) is 66.0 cm³/mol. The highest BCUT2D eigenvalue weighted by molar-refractivity contribution is 5.93. The Morgan fingerprint density at radius 3 is 2.89 bits per heavy atom. The molecule has 1 N–H and O–H groups in total. The first-order valence-electron chi connectivity index (χ1n) is 5.94. The van der Waals surface area contributed by atoms with Crippen LogP contribution in [-0.2, 0) is 0 Å². The molecule has 18 heavy (non-hydrogen) atoms. The summed E-state index contributed by atoms with van der Waals surface area (Å²) in [5.74, 6) is 0.661. The molecule has 94 valence electrons. The summed E-state index contributed by atoms with van der Waals surface area (Å²) in [5.41, 5.74) is 1.40. The van der Waals surface area contributed by atoms with E-state index < -0.39 is 0 Å². The Morgan fingerprint density at radius 2 is 2.28 bits per heavy atom. The van der Waals surface area contributed by atoms with Crippen molar-refractivity contribution >= 4 is 5.91 Å². The van der Waals surface area contributed by atoms with E-state index in [0.717, 1.165) is 18.8 Å². The molecule has 5 nitrogen and oxygen atoms in total. The molecule has 0 radical (unpaired) electrons. The van der Waals surface area contributed by atoms with Gasteiger partial charge in [-0.15, -0.1) is 0 Å². The van der Waals surface area contributed by atoms with E-state index in [2.05, 4.69) is 24.0 Å². The number of nitrogens with one attached hydrogen (secondary N) is 1. The van der Waals surface area contributed by atoms with Gasteiger partial charge < -0.3 is 9.32 Å². The van der Waals surface area contributed by atoms with Crippen molar-refractivity contribution in [1.82, 2.24) is 15.1 Å². The molecule has 3 heterocycles. The van der Waals surface area contributed by atoms with Crippen molar-refractivity contribution in [2.45, 2.75) is 13.8 Å². The number of hydrogen-bond donors (Lipinski definition) is 1. The van der Waals surface area contributed by atoms with Crippen molar-refractivity contribution in [3.05, 3.63) is 30.2 Å². The Hall–Kier alpha value is -2.04. The second-order valence-electron chi connectivity index (χ2n) is 5.47. The molecular formula is C13H15N3O2. The van der Waals surface area contributed by atoms with Gasteiger partial charge in [0.05, 0.1) is 6.26 Å². The molecule has 1 fully saturated rings. The van der Waals surface area contributed by atoms with Gasteiger partial charge in [-0.05, 0) is 17.5 Å². The molecule has 0 aliphatic carbocycles. The third-order valence-electron chi connectivity index (χ3n) is 3.11. The van der Waals surface area contributed by atoms with E-state index in [0.29, 0.717) is 11.5 Å². The maximum Gasteiger partial charge on any atom is 0.274 e. The first-order chi connectivity index (χ1) is 8.55. The number of aromatic nitrogens is 2. The zero-order valence-corrected chi connectivity index (χ0v) is 10.4. The Labute approximate surface area is 105 Å². The van der Waals surface area contributed by atoms with Crippen molar-refractivity contribution in [1.29, 1.82) is 0 Å². The lowest BCUT2D eigenvalue weighted by atomic mass is 9.84. The summed E-state index contributed by atoms with van der Waals surface area (Å²) >= 11 is 0. The van der Waals surface area contributed by atoms with Crippen LogP contribution in [0.4, 0.5) is 0 Å². The molecule has 0 spiro atoms. The lowest BCUT2D eigenvalue weighted by Gasteiger charge is -2.45. The van der Waals surface area contributed by atoms with Gasteiger partial charge >= 0.3 is 0 Å². The van der Waals surface area contributed by atoms with Crippen molar-refractivity contribution in [2.24, 2.45) is 5.41 Å². The van der Waals surface area contributed by atoms with Gasteiger partial charge in [0.15, 0.2) is 11.5 Å². The monoisotopic (exact) mass is 245 g/mol. The Bertz CT molecular complexity index is 561. The summed E-state index contributed by atoms with van der Waals surface area (Å²) in [4.78, 5) is 13.9. The number of H-pyrrole nitrogens is 1. The molecule has 3 rings (SSSR count). The molecule has 0 atom stereocenters.